The van der Waals surface area contributed by atoms with Gasteiger partial charge in [-0.15, -0.1) is 0 Å². The zero-order chi connectivity index (χ0) is 11.6. The predicted molar refractivity (Wildman–Crippen MR) is 68.8 cm³/mol. The van der Waals surface area contributed by atoms with Gasteiger partial charge < -0.3 is 15.1 Å². The monoisotopic (exact) mass is 225 g/mol. The molecule has 1 unspecified atom stereocenters. The van der Waals surface area contributed by atoms with Gasteiger partial charge in [-0.3, -0.25) is 0 Å². The van der Waals surface area contributed by atoms with E-state index in [0.717, 1.165) is 6.04 Å². The van der Waals surface area contributed by atoms with E-state index >= 15 is 0 Å². The summed E-state index contributed by atoms with van der Waals surface area (Å²) in [5, 5.41) is 3.66. The van der Waals surface area contributed by atoms with Crippen molar-refractivity contribution in [2.24, 2.45) is 0 Å². The Morgan fingerprint density at radius 2 is 2.00 bits per heavy atom. The molecule has 2 aliphatic heterocycles. The van der Waals surface area contributed by atoms with Crippen LogP contribution in [0.4, 0.5) is 0 Å². The van der Waals surface area contributed by atoms with E-state index in [4.69, 9.17) is 0 Å². The van der Waals surface area contributed by atoms with Crippen molar-refractivity contribution in [1.29, 1.82) is 0 Å². The predicted octanol–water partition coefficient (Wildman–Crippen LogP) is 1.15. The number of rotatable bonds is 3. The minimum Gasteiger partial charge on any atom is -0.310 e. The molecule has 2 aliphatic rings. The van der Waals surface area contributed by atoms with E-state index in [0.29, 0.717) is 5.54 Å². The lowest BCUT2D eigenvalue weighted by molar-refractivity contribution is 0.120. The van der Waals surface area contributed by atoms with Gasteiger partial charge in [-0.05, 0) is 66.3 Å². The Kier molecular flexibility index (Phi) is 3.88. The third-order valence-corrected chi connectivity index (χ3v) is 4.32. The maximum atomic E-state index is 3.66. The van der Waals surface area contributed by atoms with Crippen molar-refractivity contribution >= 4 is 0 Å². The molecule has 2 heterocycles. The number of likely N-dealkylation sites (tertiary alicyclic amines) is 1. The Bertz CT molecular complexity index is 213. The van der Waals surface area contributed by atoms with Crippen LogP contribution in [0.15, 0.2) is 0 Å². The molecule has 0 saturated carbocycles. The molecule has 0 spiro atoms. The van der Waals surface area contributed by atoms with Gasteiger partial charge in [0.05, 0.1) is 0 Å². The molecule has 2 rings (SSSR count). The van der Waals surface area contributed by atoms with Crippen LogP contribution in [-0.4, -0.2) is 61.7 Å². The van der Waals surface area contributed by atoms with E-state index in [-0.39, 0.29) is 0 Å². The fourth-order valence-corrected chi connectivity index (χ4v) is 3.18. The first-order chi connectivity index (χ1) is 7.59. The quantitative estimate of drug-likeness (QED) is 0.777. The largest absolute Gasteiger partial charge is 0.310 e. The first-order valence-electron chi connectivity index (χ1n) is 6.73. The average Bonchev–Trinajstić information content (AvgIpc) is 2.65. The molecular weight excluding hydrogens is 198 g/mol. The molecule has 0 bridgehead atoms. The van der Waals surface area contributed by atoms with Gasteiger partial charge in [0, 0.05) is 18.1 Å². The molecule has 0 aliphatic carbocycles. The van der Waals surface area contributed by atoms with Crippen LogP contribution >= 0.6 is 0 Å². The summed E-state index contributed by atoms with van der Waals surface area (Å²) in [5.41, 5.74) is 0.394. The van der Waals surface area contributed by atoms with Crippen LogP contribution in [0.5, 0.6) is 0 Å². The number of piperidine rings is 1. The summed E-state index contributed by atoms with van der Waals surface area (Å²) in [6, 6.07) is 0.806. The van der Waals surface area contributed by atoms with Crippen molar-refractivity contribution in [3.05, 3.63) is 0 Å². The second-order valence-corrected chi connectivity index (χ2v) is 6.06. The molecule has 0 radical (unpaired) electrons. The zero-order valence-corrected chi connectivity index (χ0v) is 11.1. The van der Waals surface area contributed by atoms with Crippen LogP contribution in [0.2, 0.25) is 0 Å². The van der Waals surface area contributed by atoms with Crippen LogP contribution < -0.4 is 5.32 Å². The Balaban J connectivity index is 1.76. The third-order valence-electron chi connectivity index (χ3n) is 4.32. The van der Waals surface area contributed by atoms with Crippen molar-refractivity contribution in [3.63, 3.8) is 0 Å². The van der Waals surface area contributed by atoms with E-state index in [9.17, 15) is 0 Å². The minimum absolute atomic E-state index is 0.394. The lowest BCUT2D eigenvalue weighted by Gasteiger charge is -2.39. The summed E-state index contributed by atoms with van der Waals surface area (Å²) in [6.07, 6.45) is 5.37. The molecule has 0 aromatic rings. The first kappa shape index (κ1) is 12.3. The van der Waals surface area contributed by atoms with E-state index in [1.165, 1.54) is 51.9 Å². The van der Waals surface area contributed by atoms with Crippen LogP contribution in [0, 0.1) is 0 Å². The Morgan fingerprint density at radius 1 is 1.31 bits per heavy atom. The van der Waals surface area contributed by atoms with Gasteiger partial charge in [-0.2, -0.15) is 0 Å². The number of hydrogen-bond donors (Lipinski definition) is 1. The Labute approximate surface area is 100 Å². The summed E-state index contributed by atoms with van der Waals surface area (Å²) in [4.78, 5) is 5.03. The number of nitrogens with one attached hydrogen (secondary N) is 1. The van der Waals surface area contributed by atoms with Gasteiger partial charge in [0.15, 0.2) is 0 Å². The average molecular weight is 225 g/mol. The molecule has 0 aromatic heterocycles. The SMILES string of the molecule is CN(C)C1CCN(CC2(C)CCCN2)CC1. The molecule has 3 nitrogen and oxygen atoms in total. The smallest absolute Gasteiger partial charge is 0.0280 e. The van der Waals surface area contributed by atoms with Gasteiger partial charge in [-0.1, -0.05) is 0 Å². The van der Waals surface area contributed by atoms with E-state index < -0.39 is 0 Å². The van der Waals surface area contributed by atoms with Crippen LogP contribution in [0.25, 0.3) is 0 Å². The Hall–Kier alpha value is -0.120. The molecule has 3 heteroatoms. The van der Waals surface area contributed by atoms with Gasteiger partial charge in [0.2, 0.25) is 0 Å². The van der Waals surface area contributed by atoms with E-state index in [2.05, 4.69) is 36.1 Å². The van der Waals surface area contributed by atoms with Crippen LogP contribution in [0.3, 0.4) is 0 Å². The second kappa shape index (κ2) is 5.03. The van der Waals surface area contributed by atoms with E-state index in [1.807, 2.05) is 0 Å². The number of nitrogens with zero attached hydrogens (tertiary/aromatic N) is 2. The van der Waals surface area contributed by atoms with Crippen molar-refractivity contribution in [1.82, 2.24) is 15.1 Å². The summed E-state index contributed by atoms with van der Waals surface area (Å²) >= 11 is 0. The summed E-state index contributed by atoms with van der Waals surface area (Å²) in [5.74, 6) is 0. The third kappa shape index (κ3) is 2.96. The molecule has 1 atom stereocenters. The molecule has 0 amide bonds. The highest BCUT2D eigenvalue weighted by molar-refractivity contribution is 4.92. The summed E-state index contributed by atoms with van der Waals surface area (Å²) in [6.45, 7) is 7.40. The number of hydrogen-bond acceptors (Lipinski definition) is 3. The normalized spacial score (nSPS) is 33.8. The highest BCUT2D eigenvalue weighted by Gasteiger charge is 2.31. The fourth-order valence-electron chi connectivity index (χ4n) is 3.18. The molecule has 2 saturated heterocycles. The molecule has 2 fully saturated rings. The molecule has 16 heavy (non-hydrogen) atoms. The van der Waals surface area contributed by atoms with E-state index in [1.54, 1.807) is 0 Å². The molecule has 0 aromatic carbocycles. The van der Waals surface area contributed by atoms with Crippen molar-refractivity contribution in [2.45, 2.75) is 44.2 Å². The highest BCUT2D eigenvalue weighted by Crippen LogP contribution is 2.22. The van der Waals surface area contributed by atoms with Crippen LogP contribution in [-0.2, 0) is 0 Å². The maximum Gasteiger partial charge on any atom is 0.0280 e. The zero-order valence-electron chi connectivity index (χ0n) is 11.1. The summed E-state index contributed by atoms with van der Waals surface area (Å²) in [7, 11) is 4.42. The standard InChI is InChI=1S/C13H27N3/c1-13(7-4-8-14-13)11-16-9-5-12(6-10-16)15(2)3/h12,14H,4-11H2,1-3H3. The van der Waals surface area contributed by atoms with Crippen molar-refractivity contribution in [2.75, 3.05) is 40.3 Å². The van der Waals surface area contributed by atoms with Crippen LogP contribution in [0.1, 0.15) is 32.6 Å². The van der Waals surface area contributed by atoms with Gasteiger partial charge >= 0.3 is 0 Å². The second-order valence-electron chi connectivity index (χ2n) is 6.06. The molecule has 1 N–H and O–H groups in total. The molecular formula is C13H27N3. The van der Waals surface area contributed by atoms with Gasteiger partial charge in [0.1, 0.15) is 0 Å². The lowest BCUT2D eigenvalue weighted by Crippen LogP contribution is -2.51. The first-order valence-corrected chi connectivity index (χ1v) is 6.73. The van der Waals surface area contributed by atoms with Gasteiger partial charge in [0.25, 0.3) is 0 Å². The topological polar surface area (TPSA) is 18.5 Å². The fraction of sp³-hybridized carbons (Fsp3) is 1.00. The summed E-state index contributed by atoms with van der Waals surface area (Å²) < 4.78 is 0. The van der Waals surface area contributed by atoms with Gasteiger partial charge in [-0.25, -0.2) is 0 Å². The minimum atomic E-state index is 0.394. The highest BCUT2D eigenvalue weighted by atomic mass is 15.2. The van der Waals surface area contributed by atoms with Crippen molar-refractivity contribution in [3.8, 4) is 0 Å². The Morgan fingerprint density at radius 3 is 2.50 bits per heavy atom. The van der Waals surface area contributed by atoms with Crippen molar-refractivity contribution < 1.29 is 0 Å². The maximum absolute atomic E-state index is 3.66. The lowest BCUT2D eigenvalue weighted by atomic mass is 9.97. The molecule has 94 valence electrons.